The van der Waals surface area contributed by atoms with E-state index in [1.54, 1.807) is 0 Å². The third-order valence-corrected chi connectivity index (χ3v) is 2.71. The van der Waals surface area contributed by atoms with Gasteiger partial charge in [0.05, 0.1) is 0 Å². The van der Waals surface area contributed by atoms with E-state index in [0.29, 0.717) is 6.04 Å². The van der Waals surface area contributed by atoms with Crippen LogP contribution in [0.4, 0.5) is 0 Å². The molecule has 1 atom stereocenters. The molecule has 0 fully saturated rings. The van der Waals surface area contributed by atoms with Gasteiger partial charge in [0.15, 0.2) is 0 Å². The van der Waals surface area contributed by atoms with Crippen LogP contribution >= 0.6 is 0 Å². The summed E-state index contributed by atoms with van der Waals surface area (Å²) in [6.45, 7) is 16.5. The fourth-order valence-corrected chi connectivity index (χ4v) is 2.15. The maximum atomic E-state index is 8.22. The van der Waals surface area contributed by atoms with Gasteiger partial charge in [-0.3, -0.25) is 0 Å². The van der Waals surface area contributed by atoms with Gasteiger partial charge in [0.25, 0.3) is 0 Å². The first-order valence-electron chi connectivity index (χ1n) is 6.99. The second kappa shape index (κ2) is 11.6. The third-order valence-electron chi connectivity index (χ3n) is 2.45. The van der Waals surface area contributed by atoms with E-state index in [4.69, 9.17) is 28.8 Å². The summed E-state index contributed by atoms with van der Waals surface area (Å²) in [6, 6.07) is 0.330. The Bertz CT molecular complexity index is 242. The van der Waals surface area contributed by atoms with E-state index in [2.05, 4.69) is 51.8 Å². The maximum absolute atomic E-state index is 8.22. The van der Waals surface area contributed by atoms with E-state index in [1.165, 1.54) is 0 Å². The van der Waals surface area contributed by atoms with Gasteiger partial charge in [0.1, 0.15) is 0 Å². The number of rotatable bonds is 9. The normalized spacial score (nSPS) is 13.8. The fourth-order valence-electron chi connectivity index (χ4n) is 1.90. The summed E-state index contributed by atoms with van der Waals surface area (Å²) in [4.78, 5) is 2.43. The van der Waals surface area contributed by atoms with Crippen LogP contribution in [0.2, 0.25) is 0 Å². The molecule has 0 aliphatic rings. The Hall–Kier alpha value is 1.07. The van der Waals surface area contributed by atoms with Crippen LogP contribution in [0.25, 0.3) is 5.32 Å². The molecule has 0 heterocycles. The summed E-state index contributed by atoms with van der Waals surface area (Å²) < 4.78 is 8.03. The predicted molar refractivity (Wildman–Crippen MR) is 88.0 cm³/mol. The molecule has 0 N–H and O–H groups in total. The van der Waals surface area contributed by atoms with Gasteiger partial charge in [0.2, 0.25) is 0 Å². The summed E-state index contributed by atoms with van der Waals surface area (Å²) in [7, 11) is 0. The summed E-state index contributed by atoms with van der Waals surface area (Å²) in [5, 5.41) is 4.67. The SMILES string of the molecule is CCCN(CC(C)[N-]CC(C)(C)[S-])CC(C)(C)[S-].[O]=[Tc+3]. The van der Waals surface area contributed by atoms with Crippen LogP contribution in [0.3, 0.4) is 0 Å². The average molecular weight is 404 g/mol. The first-order valence-corrected chi connectivity index (χ1v) is 8.56. The molecule has 0 aliphatic carbocycles. The molecule has 0 aromatic rings. The summed E-state index contributed by atoms with van der Waals surface area (Å²) in [5.41, 5.74) is 0. The zero-order valence-corrected chi connectivity index (χ0v) is 17.1. The zero-order chi connectivity index (χ0) is 16.4. The zero-order valence-electron chi connectivity index (χ0n) is 13.6. The minimum atomic E-state index is -0.124. The van der Waals surface area contributed by atoms with Gasteiger partial charge in [-0.1, -0.05) is 41.5 Å². The molecular weight excluding hydrogens is 374 g/mol. The molecule has 0 saturated heterocycles. The van der Waals surface area contributed by atoms with Gasteiger partial charge in [-0.15, -0.1) is 10.8 Å². The molecule has 0 spiro atoms. The van der Waals surface area contributed by atoms with Gasteiger partial charge < -0.3 is 35.5 Å². The van der Waals surface area contributed by atoms with E-state index in [-0.39, 0.29) is 9.49 Å². The Balaban J connectivity index is 0. The first kappa shape index (κ1) is 23.3. The standard InChI is InChI=1S/C14H31N2S2.O.Tc/c1-7-8-16(11-14(5,6)18)9-12(2)15-10-13(3,4)17;;/h12,17-18H,7-11H2,1-6H3;;/q-1;;+3/p-2. The second-order valence-electron chi connectivity index (χ2n) is 6.44. The van der Waals surface area contributed by atoms with E-state index in [0.717, 1.165) is 51.5 Å². The van der Waals surface area contributed by atoms with Crippen molar-refractivity contribution < 1.29 is 22.4 Å². The van der Waals surface area contributed by atoms with Gasteiger partial charge in [0, 0.05) is 0 Å². The molecule has 3 nitrogen and oxygen atoms in total. The Labute approximate surface area is 147 Å². The van der Waals surface area contributed by atoms with E-state index >= 15 is 0 Å². The van der Waals surface area contributed by atoms with Crippen LogP contribution < -0.4 is 0 Å². The summed E-state index contributed by atoms with van der Waals surface area (Å²) in [6.07, 6.45) is 1.16. The van der Waals surface area contributed by atoms with Gasteiger partial charge >= 0.3 is 22.4 Å². The van der Waals surface area contributed by atoms with Crippen molar-refractivity contribution in [2.24, 2.45) is 0 Å². The quantitative estimate of drug-likeness (QED) is 0.555. The predicted octanol–water partition coefficient (Wildman–Crippen LogP) is 2.99. The van der Waals surface area contributed by atoms with Crippen molar-refractivity contribution in [3.8, 4) is 0 Å². The second-order valence-corrected chi connectivity index (χ2v) is 8.65. The fraction of sp³-hybridized carbons (Fsp3) is 1.00. The van der Waals surface area contributed by atoms with Crippen LogP contribution in [0, 0.1) is 0 Å². The van der Waals surface area contributed by atoms with Crippen molar-refractivity contribution in [1.82, 2.24) is 4.90 Å². The van der Waals surface area contributed by atoms with Crippen molar-refractivity contribution in [1.29, 1.82) is 0 Å². The van der Waals surface area contributed by atoms with E-state index < -0.39 is 0 Å². The minimum absolute atomic E-state index is 0.0633. The van der Waals surface area contributed by atoms with Gasteiger partial charge in [-0.2, -0.15) is 11.3 Å². The Morgan fingerprint density at radius 1 is 1.15 bits per heavy atom. The Kier molecular flexibility index (Phi) is 13.5. The number of hydrogen-bond acceptors (Lipinski definition) is 4. The van der Waals surface area contributed by atoms with Crippen LogP contribution in [0.1, 0.15) is 48.0 Å². The molecule has 0 aliphatic heterocycles. The van der Waals surface area contributed by atoms with Crippen molar-refractivity contribution in [3.63, 3.8) is 0 Å². The van der Waals surface area contributed by atoms with E-state index in [9.17, 15) is 0 Å². The molecule has 0 rings (SSSR count). The van der Waals surface area contributed by atoms with Crippen molar-refractivity contribution in [2.75, 3.05) is 26.2 Å². The van der Waals surface area contributed by atoms with Crippen molar-refractivity contribution >= 4 is 25.3 Å². The molecule has 0 aromatic carbocycles. The van der Waals surface area contributed by atoms with Crippen LogP contribution in [0.15, 0.2) is 0 Å². The Morgan fingerprint density at radius 3 is 2.00 bits per heavy atom. The van der Waals surface area contributed by atoms with Crippen molar-refractivity contribution in [3.05, 3.63) is 5.32 Å². The van der Waals surface area contributed by atoms with E-state index in [1.807, 2.05) is 0 Å². The summed E-state index contributed by atoms with van der Waals surface area (Å²) in [5.74, 6) is 0. The molecule has 120 valence electrons. The summed E-state index contributed by atoms with van der Waals surface area (Å²) >= 11 is 11.7. The van der Waals surface area contributed by atoms with Crippen molar-refractivity contribution in [2.45, 2.75) is 63.5 Å². The molecule has 20 heavy (non-hydrogen) atoms. The third kappa shape index (κ3) is 17.1. The van der Waals surface area contributed by atoms with Gasteiger partial charge in [-0.05, 0) is 26.1 Å². The van der Waals surface area contributed by atoms with Crippen LogP contribution in [0.5, 0.6) is 0 Å². The van der Waals surface area contributed by atoms with Crippen LogP contribution in [-0.2, 0) is 47.6 Å². The molecule has 0 aromatic heterocycles. The first-order chi connectivity index (χ1) is 9.03. The number of hydrogen-bond donors (Lipinski definition) is 0. The molecule has 0 radical (unpaired) electrons. The van der Waals surface area contributed by atoms with Gasteiger partial charge in [-0.25, -0.2) is 0 Å². The number of nitrogens with zero attached hydrogens (tertiary/aromatic N) is 2. The molecule has 1 unspecified atom stereocenters. The molecule has 0 amide bonds. The monoisotopic (exact) mass is 402 g/mol. The Morgan fingerprint density at radius 2 is 1.65 bits per heavy atom. The topological polar surface area (TPSA) is 34.4 Å². The average Bonchev–Trinajstić information content (AvgIpc) is 2.26. The van der Waals surface area contributed by atoms with Crippen LogP contribution in [-0.4, -0.2) is 46.6 Å². The molecule has 0 saturated carbocycles. The molecule has 6 heteroatoms. The molecular formula is C14H29N2OS2Tc. The molecule has 0 bridgehead atoms.